The minimum atomic E-state index is -4.89. The van der Waals surface area contributed by atoms with Crippen LogP contribution in [-0.2, 0) is 20.0 Å². The molecule has 2 unspecified atom stereocenters. The summed E-state index contributed by atoms with van der Waals surface area (Å²) in [6, 6.07) is 3.51. The van der Waals surface area contributed by atoms with E-state index in [1.807, 2.05) is 0 Å². The molecule has 2 atom stereocenters. The summed E-state index contributed by atoms with van der Waals surface area (Å²) in [4.78, 5) is 29.5. The van der Waals surface area contributed by atoms with Gasteiger partial charge in [-0.25, -0.2) is 0 Å². The molecule has 1 heterocycles. The molecule has 4 rings (SSSR count). The number of rotatable bonds is 6. The van der Waals surface area contributed by atoms with E-state index in [1.165, 1.54) is 18.2 Å². The van der Waals surface area contributed by atoms with E-state index in [2.05, 4.69) is 10.5 Å². The number of hydrogen-bond donors (Lipinski definition) is 2. The number of benzene rings is 1. The van der Waals surface area contributed by atoms with Gasteiger partial charge in [-0.05, 0) is 41.8 Å². The molecular weight excluding hydrogens is 575 g/mol. The van der Waals surface area contributed by atoms with Gasteiger partial charge in [0.1, 0.15) is 6.54 Å². The second-order valence-electron chi connectivity index (χ2n) is 8.90. The van der Waals surface area contributed by atoms with Gasteiger partial charge in [0.2, 0.25) is 5.91 Å². The summed E-state index contributed by atoms with van der Waals surface area (Å²) >= 11 is 11.9. The number of nitrogens with one attached hydrogen (secondary N) is 2. The molecule has 2 N–H and O–H groups in total. The molecule has 0 bridgehead atoms. The predicted octanol–water partition coefficient (Wildman–Crippen LogP) is 5.69. The van der Waals surface area contributed by atoms with Crippen molar-refractivity contribution in [3.8, 4) is 0 Å². The first-order valence-corrected chi connectivity index (χ1v) is 12.1. The maximum atomic E-state index is 14.4. The molecule has 39 heavy (non-hydrogen) atoms. The molecule has 2 amide bonds. The molecule has 3 aliphatic rings. The van der Waals surface area contributed by atoms with Crippen LogP contribution in [0.4, 0.5) is 26.3 Å². The zero-order valence-electron chi connectivity index (χ0n) is 19.7. The quantitative estimate of drug-likeness (QED) is 0.416. The Kier molecular flexibility index (Phi) is 7.91. The fraction of sp³-hybridized carbons (Fsp3) is 0.320. The Morgan fingerprint density at radius 1 is 1.00 bits per heavy atom. The summed E-state index contributed by atoms with van der Waals surface area (Å²) in [5.41, 5.74) is -2.19. The first-order chi connectivity index (χ1) is 18.2. The molecule has 0 saturated heterocycles. The number of halogens is 8. The third kappa shape index (κ3) is 6.17. The average Bonchev–Trinajstić information content (AvgIpc) is 3.31. The van der Waals surface area contributed by atoms with E-state index in [4.69, 9.17) is 28.0 Å². The number of oxime groups is 1. The maximum Gasteiger partial charge on any atom is 0.435 e. The lowest BCUT2D eigenvalue weighted by atomic mass is 9.74. The minimum absolute atomic E-state index is 0.0108. The van der Waals surface area contributed by atoms with Crippen molar-refractivity contribution in [2.45, 2.75) is 30.8 Å². The molecule has 0 radical (unpaired) electrons. The van der Waals surface area contributed by atoms with Crippen molar-refractivity contribution in [3.63, 3.8) is 0 Å². The highest BCUT2D eigenvalue weighted by Gasteiger charge is 2.63. The van der Waals surface area contributed by atoms with Crippen LogP contribution in [-0.4, -0.2) is 43.0 Å². The van der Waals surface area contributed by atoms with Crippen LogP contribution in [0.2, 0.25) is 10.0 Å². The SMILES string of the molecule is O=C(CNC(=O)C1=CC=C(C2=NOC(c3cc(Cl)cc(Cl)c3)(C(F)(F)F)C2)C2CC=CC=C12)NCC(F)(F)F. The predicted molar refractivity (Wildman–Crippen MR) is 131 cm³/mol. The number of fused-ring (bicyclic) bond motifs is 1. The number of nitrogens with zero attached hydrogens (tertiary/aromatic N) is 1. The van der Waals surface area contributed by atoms with Crippen molar-refractivity contribution in [1.82, 2.24) is 10.6 Å². The van der Waals surface area contributed by atoms with Gasteiger partial charge in [-0.2, -0.15) is 26.3 Å². The van der Waals surface area contributed by atoms with E-state index < -0.39 is 55.2 Å². The Hall–Kier alpha value is -3.25. The first-order valence-electron chi connectivity index (χ1n) is 11.4. The summed E-state index contributed by atoms with van der Waals surface area (Å²) in [7, 11) is 0. The van der Waals surface area contributed by atoms with E-state index in [1.54, 1.807) is 23.5 Å². The average molecular weight is 594 g/mol. The standard InChI is InChI=1S/C25H19Cl2F6N3O3/c26-14-7-13(8-15(27)9-14)23(25(31,32)33)10-20(36-39-23)18-5-6-19(17-4-2-1-3-16(17)18)22(38)34-11-21(37)35-12-24(28,29)30/h1-2,4-9,16H,3,10-12H2,(H,34,38)(H,35,37). The van der Waals surface area contributed by atoms with Gasteiger partial charge in [0.15, 0.2) is 0 Å². The van der Waals surface area contributed by atoms with Crippen molar-refractivity contribution in [2.24, 2.45) is 11.1 Å². The number of carbonyl (C=O) groups is 2. The topological polar surface area (TPSA) is 79.8 Å². The summed E-state index contributed by atoms with van der Waals surface area (Å²) in [6.07, 6.45) is -2.03. The van der Waals surface area contributed by atoms with Crippen molar-refractivity contribution in [1.29, 1.82) is 0 Å². The summed E-state index contributed by atoms with van der Waals surface area (Å²) in [6.45, 7) is -2.24. The van der Waals surface area contributed by atoms with Gasteiger partial charge in [0, 0.05) is 33.5 Å². The van der Waals surface area contributed by atoms with Crippen LogP contribution < -0.4 is 10.6 Å². The second kappa shape index (κ2) is 10.7. The molecule has 6 nitrogen and oxygen atoms in total. The van der Waals surface area contributed by atoms with E-state index in [0.29, 0.717) is 17.6 Å². The molecule has 0 aromatic heterocycles. The number of carbonyl (C=O) groups excluding carboxylic acids is 2. The molecule has 0 spiro atoms. The highest BCUT2D eigenvalue weighted by atomic mass is 35.5. The van der Waals surface area contributed by atoms with Crippen LogP contribution in [0, 0.1) is 5.92 Å². The highest BCUT2D eigenvalue weighted by Crippen LogP contribution is 2.51. The molecule has 1 aliphatic heterocycles. The summed E-state index contributed by atoms with van der Waals surface area (Å²) < 4.78 is 80.0. The number of alkyl halides is 6. The normalized spacial score (nSPS) is 22.6. The van der Waals surface area contributed by atoms with Crippen molar-refractivity contribution >= 4 is 40.7 Å². The van der Waals surface area contributed by atoms with Crippen LogP contribution in [0.15, 0.2) is 70.5 Å². The van der Waals surface area contributed by atoms with Crippen molar-refractivity contribution < 1.29 is 40.8 Å². The third-order valence-electron chi connectivity index (χ3n) is 6.26. The largest absolute Gasteiger partial charge is 0.435 e. The molecule has 2 aliphatic carbocycles. The van der Waals surface area contributed by atoms with Crippen LogP contribution >= 0.6 is 23.2 Å². The lowest BCUT2D eigenvalue weighted by Gasteiger charge is -2.31. The summed E-state index contributed by atoms with van der Waals surface area (Å²) in [5.74, 6) is -2.33. The van der Waals surface area contributed by atoms with Gasteiger partial charge in [-0.15, -0.1) is 0 Å². The van der Waals surface area contributed by atoms with Crippen LogP contribution in [0.3, 0.4) is 0 Å². The van der Waals surface area contributed by atoms with Crippen LogP contribution in [0.1, 0.15) is 18.4 Å². The van der Waals surface area contributed by atoms with Crippen molar-refractivity contribution in [3.05, 3.63) is 80.9 Å². The first kappa shape index (κ1) is 28.8. The lowest BCUT2D eigenvalue weighted by molar-refractivity contribution is -0.275. The second-order valence-corrected chi connectivity index (χ2v) is 9.78. The van der Waals surface area contributed by atoms with Crippen LogP contribution in [0.5, 0.6) is 0 Å². The zero-order chi connectivity index (χ0) is 28.6. The molecule has 1 aromatic carbocycles. The van der Waals surface area contributed by atoms with Gasteiger partial charge >= 0.3 is 12.4 Å². The van der Waals surface area contributed by atoms with E-state index in [9.17, 15) is 35.9 Å². The Labute approximate surface area is 228 Å². The van der Waals surface area contributed by atoms with Gasteiger partial charge in [-0.3, -0.25) is 9.59 Å². The smallest absolute Gasteiger partial charge is 0.374 e. The van der Waals surface area contributed by atoms with Gasteiger partial charge in [0.25, 0.3) is 11.5 Å². The summed E-state index contributed by atoms with van der Waals surface area (Å²) in [5, 5.41) is 7.68. The van der Waals surface area contributed by atoms with Gasteiger partial charge in [-0.1, -0.05) is 52.7 Å². The minimum Gasteiger partial charge on any atom is -0.374 e. The molecule has 208 valence electrons. The maximum absolute atomic E-state index is 14.4. The van der Waals surface area contributed by atoms with Gasteiger partial charge in [0.05, 0.1) is 12.3 Å². The molecular formula is C25H19Cl2F6N3O3. The fourth-order valence-corrected chi connectivity index (χ4v) is 4.98. The number of allylic oxidation sites excluding steroid dienone is 6. The lowest BCUT2D eigenvalue weighted by Crippen LogP contribution is -2.43. The molecule has 14 heteroatoms. The Morgan fingerprint density at radius 3 is 2.33 bits per heavy atom. The number of hydrogen-bond acceptors (Lipinski definition) is 4. The Balaban J connectivity index is 1.57. The van der Waals surface area contributed by atoms with Gasteiger partial charge < -0.3 is 15.5 Å². The van der Waals surface area contributed by atoms with E-state index in [0.717, 1.165) is 12.1 Å². The molecule has 0 saturated carbocycles. The highest BCUT2D eigenvalue weighted by molar-refractivity contribution is 6.34. The molecule has 0 fully saturated rings. The molecule has 1 aromatic rings. The van der Waals surface area contributed by atoms with E-state index >= 15 is 0 Å². The third-order valence-corrected chi connectivity index (χ3v) is 6.70. The Morgan fingerprint density at radius 2 is 1.69 bits per heavy atom. The Bertz CT molecular complexity index is 1330. The van der Waals surface area contributed by atoms with Crippen molar-refractivity contribution in [2.75, 3.05) is 13.1 Å². The monoisotopic (exact) mass is 593 g/mol. The zero-order valence-corrected chi connectivity index (χ0v) is 21.2. The van der Waals surface area contributed by atoms with Crippen LogP contribution in [0.25, 0.3) is 0 Å². The fourth-order valence-electron chi connectivity index (χ4n) is 4.45. The van der Waals surface area contributed by atoms with E-state index in [-0.39, 0.29) is 26.9 Å². The number of amides is 2.